The summed E-state index contributed by atoms with van der Waals surface area (Å²) in [6.07, 6.45) is 0.523. The molecule has 0 aromatic heterocycles. The summed E-state index contributed by atoms with van der Waals surface area (Å²) in [5.41, 5.74) is 7.14. The molecule has 3 N–H and O–H groups in total. The van der Waals surface area contributed by atoms with Gasteiger partial charge in [-0.05, 0) is 19.4 Å². The van der Waals surface area contributed by atoms with E-state index in [0.717, 1.165) is 5.57 Å². The van der Waals surface area contributed by atoms with E-state index >= 15 is 0 Å². The average molecular weight is 230 g/mol. The first kappa shape index (κ1) is 12.0. The van der Waals surface area contributed by atoms with Crippen LogP contribution < -0.4 is 5.73 Å². The van der Waals surface area contributed by atoms with Gasteiger partial charge in [0.05, 0.1) is 0 Å². The van der Waals surface area contributed by atoms with Gasteiger partial charge < -0.3 is 10.8 Å². The molecule has 4 heteroatoms. The summed E-state index contributed by atoms with van der Waals surface area (Å²) >= 11 is 5.56. The van der Waals surface area contributed by atoms with Crippen LogP contribution in [0.4, 0.5) is 4.39 Å². The van der Waals surface area contributed by atoms with Gasteiger partial charge in [0.25, 0.3) is 0 Å². The average Bonchev–Trinajstić information content (AvgIpc) is 2.13. The molecule has 1 aromatic rings. The van der Waals surface area contributed by atoms with E-state index in [2.05, 4.69) is 6.58 Å². The number of rotatable bonds is 3. The number of nitrogens with two attached hydrogens (primary N) is 1. The smallest absolute Gasteiger partial charge is 0.145 e. The highest BCUT2D eigenvalue weighted by molar-refractivity contribution is 6.32. The summed E-state index contributed by atoms with van der Waals surface area (Å²) in [4.78, 5) is 0. The number of phenols is 1. The fourth-order valence-electron chi connectivity index (χ4n) is 1.34. The molecule has 0 radical (unpaired) electrons. The lowest BCUT2D eigenvalue weighted by molar-refractivity contribution is 0.455. The Morgan fingerprint density at radius 2 is 2.27 bits per heavy atom. The van der Waals surface area contributed by atoms with Crippen LogP contribution in [0, 0.1) is 5.82 Å². The van der Waals surface area contributed by atoms with Crippen LogP contribution in [-0.2, 0) is 0 Å². The van der Waals surface area contributed by atoms with Crippen LogP contribution >= 0.6 is 11.6 Å². The number of benzene rings is 1. The molecule has 1 rings (SSSR count). The molecule has 1 aromatic carbocycles. The quantitative estimate of drug-likeness (QED) is 0.783. The predicted molar refractivity (Wildman–Crippen MR) is 59.4 cm³/mol. The molecule has 0 unspecified atom stereocenters. The Kier molecular flexibility index (Phi) is 3.72. The second-order valence-corrected chi connectivity index (χ2v) is 3.94. The summed E-state index contributed by atoms with van der Waals surface area (Å²) in [6.45, 7) is 5.56. The zero-order chi connectivity index (χ0) is 11.6. The van der Waals surface area contributed by atoms with Crippen LogP contribution in [0.2, 0.25) is 5.02 Å². The Balaban J connectivity index is 3.05. The van der Waals surface area contributed by atoms with E-state index in [1.165, 1.54) is 12.1 Å². The van der Waals surface area contributed by atoms with Crippen LogP contribution in [0.25, 0.3) is 0 Å². The van der Waals surface area contributed by atoms with E-state index < -0.39 is 11.9 Å². The van der Waals surface area contributed by atoms with Gasteiger partial charge in [0.15, 0.2) is 0 Å². The van der Waals surface area contributed by atoms with E-state index in [1.807, 2.05) is 6.92 Å². The lowest BCUT2D eigenvalue weighted by atomic mass is 10.0. The molecular formula is C11H13ClFNO. The Morgan fingerprint density at radius 1 is 1.67 bits per heavy atom. The standard InChI is InChI=1S/C11H13ClFNO/c1-6(2)5-9(14)7-3-4-8(13)10(12)11(7)15/h3-4,9,15H,1,5,14H2,2H3/t9-/m1/s1. The van der Waals surface area contributed by atoms with E-state index in [1.54, 1.807) is 0 Å². The van der Waals surface area contributed by atoms with Gasteiger partial charge in [0.2, 0.25) is 0 Å². The first-order chi connectivity index (χ1) is 6.93. The fourth-order valence-corrected chi connectivity index (χ4v) is 1.51. The van der Waals surface area contributed by atoms with Crippen molar-refractivity contribution in [1.82, 2.24) is 0 Å². The predicted octanol–water partition coefficient (Wildman–Crippen LogP) is 3.15. The maximum atomic E-state index is 12.9. The second-order valence-electron chi connectivity index (χ2n) is 3.57. The molecule has 15 heavy (non-hydrogen) atoms. The first-order valence-corrected chi connectivity index (χ1v) is 4.88. The molecule has 0 saturated heterocycles. The van der Waals surface area contributed by atoms with Crippen molar-refractivity contribution in [3.63, 3.8) is 0 Å². The Hall–Kier alpha value is -1.06. The van der Waals surface area contributed by atoms with Gasteiger partial charge in [-0.15, -0.1) is 6.58 Å². The van der Waals surface area contributed by atoms with E-state index in [4.69, 9.17) is 17.3 Å². The van der Waals surface area contributed by atoms with Crippen molar-refractivity contribution in [2.24, 2.45) is 5.73 Å². The lowest BCUT2D eigenvalue weighted by Gasteiger charge is -2.14. The zero-order valence-corrected chi connectivity index (χ0v) is 9.18. The first-order valence-electron chi connectivity index (χ1n) is 4.50. The summed E-state index contributed by atoms with van der Waals surface area (Å²) in [5.74, 6) is -0.939. The van der Waals surface area contributed by atoms with Crippen LogP contribution in [0.5, 0.6) is 5.75 Å². The third-order valence-corrected chi connectivity index (χ3v) is 2.43. The minimum Gasteiger partial charge on any atom is -0.506 e. The van der Waals surface area contributed by atoms with Gasteiger partial charge in [0, 0.05) is 11.6 Å². The van der Waals surface area contributed by atoms with Gasteiger partial charge in [-0.25, -0.2) is 4.39 Å². The molecule has 82 valence electrons. The van der Waals surface area contributed by atoms with Crippen molar-refractivity contribution in [3.05, 3.63) is 40.7 Å². The van der Waals surface area contributed by atoms with E-state index in [-0.39, 0.29) is 10.8 Å². The van der Waals surface area contributed by atoms with Gasteiger partial charge in [-0.3, -0.25) is 0 Å². The lowest BCUT2D eigenvalue weighted by Crippen LogP contribution is -2.11. The minimum absolute atomic E-state index is 0.287. The number of hydrogen-bond acceptors (Lipinski definition) is 2. The molecule has 0 spiro atoms. The van der Waals surface area contributed by atoms with E-state index in [9.17, 15) is 9.50 Å². The second kappa shape index (κ2) is 4.64. The summed E-state index contributed by atoms with van der Waals surface area (Å²) in [5, 5.41) is 9.29. The van der Waals surface area contributed by atoms with Gasteiger partial charge in [0.1, 0.15) is 16.6 Å². The highest BCUT2D eigenvalue weighted by Gasteiger charge is 2.16. The Bertz CT molecular complexity index is 392. The van der Waals surface area contributed by atoms with Crippen molar-refractivity contribution in [1.29, 1.82) is 0 Å². The SMILES string of the molecule is C=C(C)C[C@@H](N)c1ccc(F)c(Cl)c1O. The van der Waals surface area contributed by atoms with Gasteiger partial charge in [-0.2, -0.15) is 0 Å². The summed E-state index contributed by atoms with van der Waals surface area (Å²) in [6, 6.07) is 2.21. The maximum Gasteiger partial charge on any atom is 0.145 e. The van der Waals surface area contributed by atoms with Crippen LogP contribution in [-0.4, -0.2) is 5.11 Å². The molecule has 2 nitrogen and oxygen atoms in total. The zero-order valence-electron chi connectivity index (χ0n) is 8.43. The highest BCUT2D eigenvalue weighted by atomic mass is 35.5. The molecule has 0 fully saturated rings. The monoisotopic (exact) mass is 229 g/mol. The molecule has 0 heterocycles. The van der Waals surface area contributed by atoms with Gasteiger partial charge >= 0.3 is 0 Å². The molecular weight excluding hydrogens is 217 g/mol. The largest absolute Gasteiger partial charge is 0.506 e. The molecule has 0 amide bonds. The molecule has 1 atom stereocenters. The third kappa shape index (κ3) is 2.70. The van der Waals surface area contributed by atoms with Crippen LogP contribution in [0.3, 0.4) is 0 Å². The van der Waals surface area contributed by atoms with Crippen molar-refractivity contribution >= 4 is 11.6 Å². The van der Waals surface area contributed by atoms with Crippen molar-refractivity contribution in [2.45, 2.75) is 19.4 Å². The van der Waals surface area contributed by atoms with Crippen LogP contribution in [0.1, 0.15) is 24.9 Å². The summed E-state index contributed by atoms with van der Waals surface area (Å²) in [7, 11) is 0. The number of halogens is 2. The molecule has 0 aliphatic rings. The maximum absolute atomic E-state index is 12.9. The minimum atomic E-state index is -0.652. The van der Waals surface area contributed by atoms with Crippen molar-refractivity contribution < 1.29 is 9.50 Å². The van der Waals surface area contributed by atoms with Crippen LogP contribution in [0.15, 0.2) is 24.3 Å². The molecule has 0 saturated carbocycles. The van der Waals surface area contributed by atoms with Crippen molar-refractivity contribution in [3.8, 4) is 5.75 Å². The molecule has 0 aliphatic heterocycles. The van der Waals surface area contributed by atoms with Gasteiger partial charge in [-0.1, -0.05) is 23.2 Å². The number of aromatic hydroxyl groups is 1. The highest BCUT2D eigenvalue weighted by Crippen LogP contribution is 2.34. The number of phenolic OH excluding ortho intramolecular Hbond substituents is 1. The molecule has 0 aliphatic carbocycles. The van der Waals surface area contributed by atoms with E-state index in [0.29, 0.717) is 12.0 Å². The Labute approximate surface area is 93.2 Å². The summed E-state index contributed by atoms with van der Waals surface area (Å²) < 4.78 is 12.9. The molecule has 0 bridgehead atoms. The fraction of sp³-hybridized carbons (Fsp3) is 0.273. The topological polar surface area (TPSA) is 46.2 Å². The Morgan fingerprint density at radius 3 is 2.80 bits per heavy atom. The number of hydrogen-bond donors (Lipinski definition) is 2. The van der Waals surface area contributed by atoms with Crippen molar-refractivity contribution in [2.75, 3.05) is 0 Å². The third-order valence-electron chi connectivity index (χ3n) is 2.07. The normalized spacial score (nSPS) is 12.5.